The van der Waals surface area contributed by atoms with Gasteiger partial charge in [-0.3, -0.25) is 0 Å². The van der Waals surface area contributed by atoms with Gasteiger partial charge in [0.15, 0.2) is 0 Å². The second-order valence-electron chi connectivity index (χ2n) is 2.31. The third-order valence-corrected chi connectivity index (χ3v) is 1.49. The topological polar surface area (TPSA) is 92.8 Å². The van der Waals surface area contributed by atoms with Gasteiger partial charge in [-0.25, -0.2) is 4.79 Å². The Morgan fingerprint density at radius 3 is 2.92 bits per heavy atom. The van der Waals surface area contributed by atoms with E-state index in [0.29, 0.717) is 0 Å². The number of carboxylic acid groups (broad SMARTS) is 1. The van der Waals surface area contributed by atoms with Crippen LogP contribution in [0, 0.1) is 0 Å². The molecular weight excluding hydrogens is 162 g/mol. The van der Waals surface area contributed by atoms with Gasteiger partial charge in [0.05, 0.1) is 17.9 Å². The lowest BCUT2D eigenvalue weighted by molar-refractivity contribution is -0.134. The van der Waals surface area contributed by atoms with Crippen molar-refractivity contribution >= 4 is 5.97 Å². The Labute approximate surface area is 68.7 Å². The Hall–Kier alpha value is -1.33. The van der Waals surface area contributed by atoms with Gasteiger partial charge in [-0.1, -0.05) is 0 Å². The number of aliphatic hydroxyl groups excluding tert-OH is 1. The molecule has 0 spiro atoms. The number of allylic oxidation sites excluding steroid dienone is 2. The molecule has 1 aliphatic rings. The van der Waals surface area contributed by atoms with Gasteiger partial charge in [-0.15, -0.1) is 0 Å². The molecule has 0 saturated carbocycles. The molecule has 5 heteroatoms. The third-order valence-electron chi connectivity index (χ3n) is 1.49. The summed E-state index contributed by atoms with van der Waals surface area (Å²) in [5, 5.41) is 17.7. The van der Waals surface area contributed by atoms with Crippen molar-refractivity contribution < 1.29 is 19.7 Å². The summed E-state index contributed by atoms with van der Waals surface area (Å²) < 4.78 is 4.63. The summed E-state index contributed by atoms with van der Waals surface area (Å²) >= 11 is 0. The summed E-state index contributed by atoms with van der Waals surface area (Å²) in [5.74, 6) is -1.16. The Morgan fingerprint density at radius 2 is 2.33 bits per heavy atom. The molecule has 66 valence electrons. The molecule has 1 aliphatic heterocycles. The monoisotopic (exact) mass is 171 g/mol. The first kappa shape index (κ1) is 8.76. The number of rotatable bonds is 1. The molecule has 1 heterocycles. The van der Waals surface area contributed by atoms with Crippen LogP contribution in [-0.2, 0) is 9.53 Å². The number of hydrogen-bond donors (Lipinski definition) is 3. The quantitative estimate of drug-likeness (QED) is 0.479. The maximum absolute atomic E-state index is 10.5. The lowest BCUT2D eigenvalue weighted by Gasteiger charge is -2.16. The second kappa shape index (κ2) is 3.38. The Morgan fingerprint density at radius 1 is 1.67 bits per heavy atom. The average molecular weight is 171 g/mol. The van der Waals surface area contributed by atoms with Gasteiger partial charge in [0.25, 0.3) is 0 Å². The summed E-state index contributed by atoms with van der Waals surface area (Å²) in [6, 6.07) is -1.02. The van der Waals surface area contributed by atoms with Gasteiger partial charge in [0, 0.05) is 0 Å². The van der Waals surface area contributed by atoms with E-state index < -0.39 is 18.3 Å². The molecular formula is C7H9NO4. The van der Waals surface area contributed by atoms with Crippen LogP contribution in [0.2, 0.25) is 0 Å². The van der Waals surface area contributed by atoms with E-state index in [-0.39, 0.29) is 5.57 Å². The minimum atomic E-state index is -1.30. The van der Waals surface area contributed by atoms with Crippen LogP contribution < -0.4 is 5.73 Å². The molecule has 0 bridgehead atoms. The van der Waals surface area contributed by atoms with Crippen LogP contribution in [0.25, 0.3) is 0 Å². The minimum Gasteiger partial charge on any atom is -0.478 e. The standard InChI is InChI=1S/C7H9NO4/c8-5-4(6(9)10)2-1-3-12-7(5)11/h1-3,5,7,11H,8H2,(H,9,10)/t5?,7-/m1/s1. The van der Waals surface area contributed by atoms with Gasteiger partial charge >= 0.3 is 5.97 Å². The SMILES string of the molecule is NC1C(C(=O)O)=CC=CO[C@H]1O. The molecule has 0 aliphatic carbocycles. The molecule has 0 radical (unpaired) electrons. The van der Waals surface area contributed by atoms with Crippen LogP contribution in [0.3, 0.4) is 0 Å². The molecule has 2 atom stereocenters. The van der Waals surface area contributed by atoms with Crippen molar-refractivity contribution in [2.45, 2.75) is 12.3 Å². The van der Waals surface area contributed by atoms with Crippen molar-refractivity contribution in [2.24, 2.45) is 5.73 Å². The van der Waals surface area contributed by atoms with Crippen LogP contribution >= 0.6 is 0 Å². The van der Waals surface area contributed by atoms with Crippen molar-refractivity contribution in [1.29, 1.82) is 0 Å². The van der Waals surface area contributed by atoms with E-state index in [4.69, 9.17) is 15.9 Å². The molecule has 1 unspecified atom stereocenters. The zero-order valence-corrected chi connectivity index (χ0v) is 6.18. The normalized spacial score (nSPS) is 28.7. The number of aliphatic hydroxyl groups is 1. The number of carboxylic acids is 1. The van der Waals surface area contributed by atoms with Crippen molar-refractivity contribution in [3.8, 4) is 0 Å². The zero-order chi connectivity index (χ0) is 9.14. The first-order chi connectivity index (χ1) is 5.63. The fourth-order valence-corrected chi connectivity index (χ4v) is 0.832. The smallest absolute Gasteiger partial charge is 0.333 e. The van der Waals surface area contributed by atoms with E-state index >= 15 is 0 Å². The number of nitrogens with two attached hydrogens (primary N) is 1. The molecule has 0 fully saturated rings. The molecule has 1 rings (SSSR count). The van der Waals surface area contributed by atoms with E-state index in [2.05, 4.69) is 4.74 Å². The highest BCUT2D eigenvalue weighted by Gasteiger charge is 2.25. The summed E-state index contributed by atoms with van der Waals surface area (Å²) in [5.41, 5.74) is 5.29. The van der Waals surface area contributed by atoms with E-state index in [9.17, 15) is 4.79 Å². The predicted molar refractivity (Wildman–Crippen MR) is 39.9 cm³/mol. The molecule has 0 saturated heterocycles. The number of ether oxygens (including phenoxy) is 1. The molecule has 5 nitrogen and oxygen atoms in total. The van der Waals surface area contributed by atoms with Gasteiger partial charge in [-0.05, 0) is 12.2 Å². The summed E-state index contributed by atoms with van der Waals surface area (Å²) in [6.45, 7) is 0. The molecule has 0 aromatic carbocycles. The highest BCUT2D eigenvalue weighted by Crippen LogP contribution is 2.10. The van der Waals surface area contributed by atoms with Crippen molar-refractivity contribution in [3.05, 3.63) is 24.0 Å². The number of aliphatic carboxylic acids is 1. The summed E-state index contributed by atoms with van der Waals surface area (Å²) in [7, 11) is 0. The lowest BCUT2D eigenvalue weighted by Crippen LogP contribution is -2.39. The van der Waals surface area contributed by atoms with Gasteiger partial charge in [0.2, 0.25) is 6.29 Å². The largest absolute Gasteiger partial charge is 0.478 e. The van der Waals surface area contributed by atoms with E-state index in [0.717, 1.165) is 0 Å². The number of carbonyl (C=O) groups is 1. The third kappa shape index (κ3) is 1.63. The van der Waals surface area contributed by atoms with Crippen LogP contribution in [0.1, 0.15) is 0 Å². The van der Waals surface area contributed by atoms with Gasteiger partial charge in [-0.2, -0.15) is 0 Å². The maximum Gasteiger partial charge on any atom is 0.333 e. The highest BCUT2D eigenvalue weighted by molar-refractivity contribution is 5.88. The van der Waals surface area contributed by atoms with E-state index in [1.54, 1.807) is 0 Å². The van der Waals surface area contributed by atoms with Crippen LogP contribution in [-0.4, -0.2) is 28.5 Å². The Kier molecular flexibility index (Phi) is 2.47. The van der Waals surface area contributed by atoms with Gasteiger partial charge < -0.3 is 20.7 Å². The van der Waals surface area contributed by atoms with E-state index in [1.807, 2.05) is 0 Å². The second-order valence-corrected chi connectivity index (χ2v) is 2.31. The molecule has 4 N–H and O–H groups in total. The van der Waals surface area contributed by atoms with Crippen molar-refractivity contribution in [1.82, 2.24) is 0 Å². The number of hydrogen-bond acceptors (Lipinski definition) is 4. The summed E-state index contributed by atoms with van der Waals surface area (Å²) in [6.07, 6.45) is 2.56. The van der Waals surface area contributed by atoms with Crippen molar-refractivity contribution in [3.63, 3.8) is 0 Å². The Bertz CT molecular complexity index is 246. The van der Waals surface area contributed by atoms with Crippen LogP contribution in [0.5, 0.6) is 0 Å². The molecule has 0 amide bonds. The highest BCUT2D eigenvalue weighted by atomic mass is 16.6. The van der Waals surface area contributed by atoms with Crippen LogP contribution in [0.4, 0.5) is 0 Å². The lowest BCUT2D eigenvalue weighted by atomic mass is 10.1. The maximum atomic E-state index is 10.5. The molecule has 0 aromatic rings. The fourth-order valence-electron chi connectivity index (χ4n) is 0.832. The minimum absolute atomic E-state index is 0.0729. The Balaban J connectivity index is 2.88. The first-order valence-electron chi connectivity index (χ1n) is 3.32. The predicted octanol–water partition coefficient (Wildman–Crippen LogP) is -0.813. The molecule has 0 aromatic heterocycles. The fraction of sp³-hybridized carbons (Fsp3) is 0.286. The first-order valence-corrected chi connectivity index (χ1v) is 3.32. The van der Waals surface area contributed by atoms with Gasteiger partial charge in [0.1, 0.15) is 0 Å². The summed E-state index contributed by atoms with van der Waals surface area (Å²) in [4.78, 5) is 10.5. The molecule has 12 heavy (non-hydrogen) atoms. The van der Waals surface area contributed by atoms with E-state index in [1.165, 1.54) is 18.4 Å². The zero-order valence-electron chi connectivity index (χ0n) is 6.18. The average Bonchev–Trinajstić information content (AvgIpc) is 2.15. The van der Waals surface area contributed by atoms with Crippen LogP contribution in [0.15, 0.2) is 24.0 Å². The van der Waals surface area contributed by atoms with Crippen molar-refractivity contribution in [2.75, 3.05) is 0 Å².